The van der Waals surface area contributed by atoms with Gasteiger partial charge >= 0.3 is 0 Å². The Morgan fingerprint density at radius 2 is 1.81 bits per heavy atom. The lowest BCUT2D eigenvalue weighted by molar-refractivity contribution is 0.100. The van der Waals surface area contributed by atoms with Gasteiger partial charge in [-0.15, -0.1) is 0 Å². The molecule has 2 aromatic carbocycles. The first-order chi connectivity index (χ1) is 15.0. The number of ether oxygens (including phenoxy) is 2. The fourth-order valence-electron chi connectivity index (χ4n) is 3.22. The summed E-state index contributed by atoms with van der Waals surface area (Å²) in [5, 5.41) is 3.84. The van der Waals surface area contributed by atoms with E-state index in [1.165, 1.54) is 0 Å². The van der Waals surface area contributed by atoms with Gasteiger partial charge in [-0.1, -0.05) is 23.7 Å². The molecule has 31 heavy (non-hydrogen) atoms. The summed E-state index contributed by atoms with van der Waals surface area (Å²) in [5.41, 5.74) is 8.32. The molecule has 0 bridgehead atoms. The van der Waals surface area contributed by atoms with Crippen molar-refractivity contribution in [3.8, 4) is 17.3 Å². The Hall–Kier alpha value is -3.78. The number of pyridine rings is 1. The normalized spacial score (nSPS) is 10.8. The number of imidazole rings is 1. The molecule has 3 N–H and O–H groups in total. The maximum absolute atomic E-state index is 11.9. The number of fused-ring (bicyclic) bond motifs is 1. The average Bonchev–Trinajstić information content (AvgIpc) is 3.20. The molecule has 9 heteroatoms. The Kier molecular flexibility index (Phi) is 5.64. The first kappa shape index (κ1) is 20.5. The molecule has 0 radical (unpaired) electrons. The highest BCUT2D eigenvalue weighted by Gasteiger charge is 2.15. The van der Waals surface area contributed by atoms with Gasteiger partial charge in [0.05, 0.1) is 30.8 Å². The quantitative estimate of drug-likeness (QED) is 0.455. The highest BCUT2D eigenvalue weighted by Crippen LogP contribution is 2.32. The molecule has 0 aliphatic carbocycles. The lowest BCUT2D eigenvalue weighted by atomic mass is 10.2. The second-order valence-corrected chi connectivity index (χ2v) is 7.16. The smallest absolute Gasteiger partial charge is 0.252 e. The van der Waals surface area contributed by atoms with Crippen molar-refractivity contribution in [3.05, 3.63) is 71.0 Å². The number of benzene rings is 2. The zero-order valence-corrected chi connectivity index (χ0v) is 17.7. The van der Waals surface area contributed by atoms with Crippen LogP contribution >= 0.6 is 11.6 Å². The van der Waals surface area contributed by atoms with Crippen molar-refractivity contribution in [2.24, 2.45) is 5.73 Å². The number of halogens is 1. The maximum Gasteiger partial charge on any atom is 0.252 e. The molecule has 1 amide bonds. The SMILES string of the molecule is COc1cc2ncn(-c3ccc(C(N)=O)c(NCc4ccc(Cl)cc4)n3)c2cc1OC. The predicted octanol–water partition coefficient (Wildman–Crippen LogP) is 3.80. The second-order valence-electron chi connectivity index (χ2n) is 6.72. The van der Waals surface area contributed by atoms with E-state index in [1.54, 1.807) is 55.4 Å². The topological polar surface area (TPSA) is 104 Å². The summed E-state index contributed by atoms with van der Waals surface area (Å²) in [6, 6.07) is 14.4. The van der Waals surface area contributed by atoms with E-state index in [0.717, 1.165) is 11.1 Å². The van der Waals surface area contributed by atoms with Crippen LogP contribution in [0.2, 0.25) is 5.02 Å². The third-order valence-electron chi connectivity index (χ3n) is 4.82. The summed E-state index contributed by atoms with van der Waals surface area (Å²) in [6.45, 7) is 0.448. The first-order valence-corrected chi connectivity index (χ1v) is 9.76. The third kappa shape index (κ3) is 4.10. The number of aromatic nitrogens is 3. The summed E-state index contributed by atoms with van der Waals surface area (Å²) < 4.78 is 12.5. The number of carbonyl (C=O) groups is 1. The van der Waals surface area contributed by atoms with E-state index in [1.807, 2.05) is 18.2 Å². The van der Waals surface area contributed by atoms with Gasteiger partial charge in [-0.25, -0.2) is 9.97 Å². The van der Waals surface area contributed by atoms with E-state index >= 15 is 0 Å². The molecule has 0 saturated carbocycles. The van der Waals surface area contributed by atoms with Crippen molar-refractivity contribution < 1.29 is 14.3 Å². The van der Waals surface area contributed by atoms with Crippen LogP contribution in [0.1, 0.15) is 15.9 Å². The fourth-order valence-corrected chi connectivity index (χ4v) is 3.35. The van der Waals surface area contributed by atoms with E-state index in [-0.39, 0.29) is 0 Å². The van der Waals surface area contributed by atoms with Gasteiger partial charge in [0, 0.05) is 23.7 Å². The van der Waals surface area contributed by atoms with Crippen molar-refractivity contribution in [1.82, 2.24) is 14.5 Å². The van der Waals surface area contributed by atoms with Crippen LogP contribution in [-0.2, 0) is 6.54 Å². The second kappa shape index (κ2) is 8.53. The number of methoxy groups -OCH3 is 2. The zero-order chi connectivity index (χ0) is 22.0. The van der Waals surface area contributed by atoms with Gasteiger partial charge in [-0.2, -0.15) is 0 Å². The molecule has 0 aliphatic heterocycles. The fraction of sp³-hybridized carbons (Fsp3) is 0.136. The van der Waals surface area contributed by atoms with Crippen LogP contribution < -0.4 is 20.5 Å². The average molecular weight is 438 g/mol. The van der Waals surface area contributed by atoms with Crippen molar-refractivity contribution in [2.45, 2.75) is 6.54 Å². The van der Waals surface area contributed by atoms with Gasteiger partial charge in [0.1, 0.15) is 18.0 Å². The van der Waals surface area contributed by atoms with Crippen molar-refractivity contribution in [2.75, 3.05) is 19.5 Å². The van der Waals surface area contributed by atoms with Crippen LogP contribution in [0.4, 0.5) is 5.82 Å². The molecule has 0 saturated heterocycles. The van der Waals surface area contributed by atoms with Crippen LogP contribution in [0.3, 0.4) is 0 Å². The van der Waals surface area contributed by atoms with E-state index in [0.29, 0.717) is 45.8 Å². The summed E-state index contributed by atoms with van der Waals surface area (Å²) in [4.78, 5) is 21.0. The van der Waals surface area contributed by atoms with Crippen LogP contribution in [-0.4, -0.2) is 34.7 Å². The van der Waals surface area contributed by atoms with E-state index < -0.39 is 5.91 Å². The molecule has 8 nitrogen and oxygen atoms in total. The van der Waals surface area contributed by atoms with Crippen LogP contribution in [0.15, 0.2) is 54.9 Å². The predicted molar refractivity (Wildman–Crippen MR) is 119 cm³/mol. The van der Waals surface area contributed by atoms with Gasteiger partial charge in [0.2, 0.25) is 0 Å². The number of anilines is 1. The number of amides is 1. The van der Waals surface area contributed by atoms with Gasteiger partial charge in [-0.05, 0) is 29.8 Å². The van der Waals surface area contributed by atoms with Crippen LogP contribution in [0.25, 0.3) is 16.9 Å². The Morgan fingerprint density at radius 1 is 1.10 bits per heavy atom. The minimum Gasteiger partial charge on any atom is -0.493 e. The third-order valence-corrected chi connectivity index (χ3v) is 5.07. The summed E-state index contributed by atoms with van der Waals surface area (Å²) in [6.07, 6.45) is 1.65. The number of nitrogens with zero attached hydrogens (tertiary/aromatic N) is 3. The molecule has 2 aromatic heterocycles. The number of carbonyl (C=O) groups excluding carboxylic acids is 1. The standard InChI is InChI=1S/C22H20ClN5O3/c1-30-18-9-16-17(10-19(18)31-2)28(12-26-16)20-8-7-15(21(24)29)22(27-20)25-11-13-3-5-14(23)6-4-13/h3-10,12H,11H2,1-2H3,(H2,24,29)(H,25,27). The Morgan fingerprint density at radius 3 is 2.48 bits per heavy atom. The molecule has 4 aromatic rings. The Bertz CT molecular complexity index is 1250. The van der Waals surface area contributed by atoms with E-state index in [4.69, 9.17) is 26.8 Å². The molecule has 0 spiro atoms. The Labute approximate surface area is 183 Å². The summed E-state index contributed by atoms with van der Waals surface area (Å²) in [7, 11) is 3.15. The van der Waals surface area contributed by atoms with E-state index in [2.05, 4.69) is 15.3 Å². The number of nitrogens with two attached hydrogens (primary N) is 1. The molecule has 0 atom stereocenters. The van der Waals surface area contributed by atoms with Gasteiger partial charge < -0.3 is 20.5 Å². The monoisotopic (exact) mass is 437 g/mol. The number of hydrogen-bond donors (Lipinski definition) is 2. The first-order valence-electron chi connectivity index (χ1n) is 9.38. The molecular weight excluding hydrogens is 418 g/mol. The zero-order valence-electron chi connectivity index (χ0n) is 16.9. The molecule has 4 rings (SSSR count). The molecule has 0 unspecified atom stereocenters. The highest BCUT2D eigenvalue weighted by atomic mass is 35.5. The minimum absolute atomic E-state index is 0.293. The van der Waals surface area contributed by atoms with Crippen molar-refractivity contribution in [1.29, 1.82) is 0 Å². The number of rotatable bonds is 7. The van der Waals surface area contributed by atoms with Crippen LogP contribution in [0, 0.1) is 0 Å². The van der Waals surface area contributed by atoms with Crippen LogP contribution in [0.5, 0.6) is 11.5 Å². The van der Waals surface area contributed by atoms with Crippen molar-refractivity contribution in [3.63, 3.8) is 0 Å². The summed E-state index contributed by atoms with van der Waals surface area (Å²) >= 11 is 5.94. The highest BCUT2D eigenvalue weighted by molar-refractivity contribution is 6.30. The molecule has 158 valence electrons. The van der Waals surface area contributed by atoms with Crippen molar-refractivity contribution >= 4 is 34.4 Å². The maximum atomic E-state index is 11.9. The molecular formula is C22H20ClN5O3. The molecule has 0 fully saturated rings. The van der Waals surface area contributed by atoms with E-state index in [9.17, 15) is 4.79 Å². The number of nitrogens with one attached hydrogen (secondary N) is 1. The molecule has 2 heterocycles. The Balaban J connectivity index is 1.73. The number of primary amides is 1. The largest absolute Gasteiger partial charge is 0.493 e. The van der Waals surface area contributed by atoms with Gasteiger partial charge in [-0.3, -0.25) is 9.36 Å². The minimum atomic E-state index is -0.570. The van der Waals surface area contributed by atoms with Gasteiger partial charge in [0.15, 0.2) is 11.5 Å². The van der Waals surface area contributed by atoms with Gasteiger partial charge in [0.25, 0.3) is 5.91 Å². The number of hydrogen-bond acceptors (Lipinski definition) is 6. The summed E-state index contributed by atoms with van der Waals surface area (Å²) in [5.74, 6) is 1.54. The molecule has 0 aliphatic rings. The lowest BCUT2D eigenvalue weighted by Gasteiger charge is -2.13. The lowest BCUT2D eigenvalue weighted by Crippen LogP contribution is -2.16.